The van der Waals surface area contributed by atoms with Gasteiger partial charge in [0.05, 0.1) is 5.92 Å². The second-order valence-corrected chi connectivity index (χ2v) is 5.07. The number of rotatable bonds is 2. The minimum atomic E-state index is -0.705. The SMILES string of the molecule is CC1CC(C(=O)O)CCN1c1nc2ccccc2o1. The van der Waals surface area contributed by atoms with Crippen LogP contribution >= 0.6 is 0 Å². The number of carboxylic acids is 1. The van der Waals surface area contributed by atoms with Crippen LogP contribution < -0.4 is 4.90 Å². The number of piperidine rings is 1. The van der Waals surface area contributed by atoms with E-state index in [2.05, 4.69) is 9.88 Å². The van der Waals surface area contributed by atoms with Crippen molar-refractivity contribution >= 4 is 23.1 Å². The Morgan fingerprint density at radius 2 is 2.26 bits per heavy atom. The minimum Gasteiger partial charge on any atom is -0.481 e. The maximum Gasteiger partial charge on any atom is 0.306 e. The number of nitrogens with zero attached hydrogens (tertiary/aromatic N) is 2. The molecule has 2 unspecified atom stereocenters. The molecule has 1 aliphatic heterocycles. The molecular weight excluding hydrogens is 244 g/mol. The Morgan fingerprint density at radius 1 is 1.47 bits per heavy atom. The highest BCUT2D eigenvalue weighted by molar-refractivity contribution is 5.74. The number of aromatic nitrogens is 1. The van der Waals surface area contributed by atoms with Gasteiger partial charge in [0, 0.05) is 12.6 Å². The molecule has 1 aliphatic rings. The largest absolute Gasteiger partial charge is 0.481 e. The van der Waals surface area contributed by atoms with E-state index in [0.29, 0.717) is 25.4 Å². The van der Waals surface area contributed by atoms with Gasteiger partial charge in [-0.25, -0.2) is 0 Å². The summed E-state index contributed by atoms with van der Waals surface area (Å²) in [5, 5.41) is 9.07. The second-order valence-electron chi connectivity index (χ2n) is 5.07. The number of para-hydroxylation sites is 2. The van der Waals surface area contributed by atoms with E-state index in [4.69, 9.17) is 9.52 Å². The van der Waals surface area contributed by atoms with Gasteiger partial charge < -0.3 is 14.4 Å². The lowest BCUT2D eigenvalue weighted by Crippen LogP contribution is -2.43. The normalized spacial score (nSPS) is 23.7. The molecule has 0 bridgehead atoms. The Balaban J connectivity index is 1.84. The fourth-order valence-electron chi connectivity index (χ4n) is 2.66. The van der Waals surface area contributed by atoms with Crippen LogP contribution in [-0.2, 0) is 4.79 Å². The molecule has 1 aromatic carbocycles. The number of aliphatic carboxylic acids is 1. The van der Waals surface area contributed by atoms with E-state index in [1.54, 1.807) is 0 Å². The summed E-state index contributed by atoms with van der Waals surface area (Å²) in [6.07, 6.45) is 1.27. The third-order valence-corrected chi connectivity index (χ3v) is 3.75. The number of hydrogen-bond donors (Lipinski definition) is 1. The monoisotopic (exact) mass is 260 g/mol. The quantitative estimate of drug-likeness (QED) is 0.898. The molecule has 0 amide bonds. The summed E-state index contributed by atoms with van der Waals surface area (Å²) in [6.45, 7) is 2.69. The van der Waals surface area contributed by atoms with Crippen molar-refractivity contribution < 1.29 is 14.3 Å². The first-order valence-corrected chi connectivity index (χ1v) is 6.50. The third-order valence-electron chi connectivity index (χ3n) is 3.75. The molecule has 5 nitrogen and oxygen atoms in total. The van der Waals surface area contributed by atoms with Crippen LogP contribution in [0.1, 0.15) is 19.8 Å². The van der Waals surface area contributed by atoms with E-state index in [1.165, 1.54) is 0 Å². The third kappa shape index (κ3) is 2.16. The van der Waals surface area contributed by atoms with E-state index in [9.17, 15) is 4.79 Å². The van der Waals surface area contributed by atoms with Crippen molar-refractivity contribution in [2.45, 2.75) is 25.8 Å². The van der Waals surface area contributed by atoms with Crippen molar-refractivity contribution in [2.24, 2.45) is 5.92 Å². The average molecular weight is 260 g/mol. The standard InChI is InChI=1S/C14H16N2O3/c1-9-8-10(13(17)18)6-7-16(9)14-15-11-4-2-3-5-12(11)19-14/h2-5,9-10H,6-8H2,1H3,(H,17,18). The Labute approximate surface area is 110 Å². The number of benzene rings is 1. The van der Waals surface area contributed by atoms with Gasteiger partial charge in [-0.3, -0.25) is 4.79 Å². The first-order chi connectivity index (χ1) is 9.15. The fourth-order valence-corrected chi connectivity index (χ4v) is 2.66. The molecule has 0 aliphatic carbocycles. The molecule has 5 heteroatoms. The first-order valence-electron chi connectivity index (χ1n) is 6.50. The zero-order valence-electron chi connectivity index (χ0n) is 10.7. The van der Waals surface area contributed by atoms with Crippen LogP contribution in [0.4, 0.5) is 6.01 Å². The van der Waals surface area contributed by atoms with Crippen LogP contribution in [0.25, 0.3) is 11.1 Å². The molecule has 0 radical (unpaired) electrons. The molecule has 0 spiro atoms. The predicted octanol–water partition coefficient (Wildman–Crippen LogP) is 2.52. The highest BCUT2D eigenvalue weighted by Gasteiger charge is 2.31. The van der Waals surface area contributed by atoms with Gasteiger partial charge in [0.2, 0.25) is 0 Å². The van der Waals surface area contributed by atoms with Crippen molar-refractivity contribution in [3.8, 4) is 0 Å². The van der Waals surface area contributed by atoms with E-state index >= 15 is 0 Å². The number of carbonyl (C=O) groups is 1. The lowest BCUT2D eigenvalue weighted by molar-refractivity contribution is -0.142. The van der Waals surface area contributed by atoms with Gasteiger partial charge in [0.25, 0.3) is 6.01 Å². The number of anilines is 1. The molecular formula is C14H16N2O3. The molecule has 1 fully saturated rings. The highest BCUT2D eigenvalue weighted by atomic mass is 16.4. The number of fused-ring (bicyclic) bond motifs is 1. The molecule has 1 aromatic heterocycles. The van der Waals surface area contributed by atoms with Gasteiger partial charge in [-0.1, -0.05) is 12.1 Å². The van der Waals surface area contributed by atoms with Gasteiger partial charge in [-0.15, -0.1) is 0 Å². The Morgan fingerprint density at radius 3 is 2.95 bits per heavy atom. The van der Waals surface area contributed by atoms with Crippen LogP contribution in [0, 0.1) is 5.92 Å². The van der Waals surface area contributed by atoms with Crippen molar-refractivity contribution in [3.63, 3.8) is 0 Å². The summed E-state index contributed by atoms with van der Waals surface area (Å²) in [5.41, 5.74) is 1.61. The second kappa shape index (κ2) is 4.57. The van der Waals surface area contributed by atoms with Crippen LogP contribution in [0.2, 0.25) is 0 Å². The number of hydrogen-bond acceptors (Lipinski definition) is 4. The lowest BCUT2D eigenvalue weighted by Gasteiger charge is -2.34. The van der Waals surface area contributed by atoms with Gasteiger partial charge >= 0.3 is 5.97 Å². The molecule has 19 heavy (non-hydrogen) atoms. The average Bonchev–Trinajstić information content (AvgIpc) is 2.81. The summed E-state index contributed by atoms with van der Waals surface area (Å²) in [6, 6.07) is 8.37. The van der Waals surface area contributed by atoms with Gasteiger partial charge in [-0.05, 0) is 31.9 Å². The number of oxazole rings is 1. The van der Waals surface area contributed by atoms with Crippen molar-refractivity contribution in [1.29, 1.82) is 0 Å². The van der Waals surface area contributed by atoms with E-state index in [-0.39, 0.29) is 12.0 Å². The fraction of sp³-hybridized carbons (Fsp3) is 0.429. The van der Waals surface area contributed by atoms with Crippen LogP contribution in [0.3, 0.4) is 0 Å². The number of carboxylic acid groups (broad SMARTS) is 1. The molecule has 1 saturated heterocycles. The smallest absolute Gasteiger partial charge is 0.306 e. The highest BCUT2D eigenvalue weighted by Crippen LogP contribution is 2.29. The topological polar surface area (TPSA) is 66.6 Å². The zero-order valence-corrected chi connectivity index (χ0v) is 10.7. The Bertz CT molecular complexity index is 575. The van der Waals surface area contributed by atoms with E-state index in [0.717, 1.165) is 11.1 Å². The maximum atomic E-state index is 11.0. The molecule has 3 rings (SSSR count). The molecule has 0 saturated carbocycles. The molecule has 2 atom stereocenters. The summed E-state index contributed by atoms with van der Waals surface area (Å²) in [5.74, 6) is -0.959. The summed E-state index contributed by atoms with van der Waals surface area (Å²) in [4.78, 5) is 17.5. The van der Waals surface area contributed by atoms with E-state index in [1.807, 2.05) is 31.2 Å². The lowest BCUT2D eigenvalue weighted by atomic mass is 9.92. The van der Waals surface area contributed by atoms with Crippen LogP contribution in [0.15, 0.2) is 28.7 Å². The minimum absolute atomic E-state index is 0.128. The maximum absolute atomic E-state index is 11.0. The van der Waals surface area contributed by atoms with Crippen LogP contribution in [0.5, 0.6) is 0 Å². The van der Waals surface area contributed by atoms with Crippen LogP contribution in [-0.4, -0.2) is 28.6 Å². The zero-order chi connectivity index (χ0) is 13.4. The Kier molecular flexibility index (Phi) is 2.89. The molecule has 2 aromatic rings. The van der Waals surface area contributed by atoms with Crippen molar-refractivity contribution in [1.82, 2.24) is 4.98 Å². The summed E-state index contributed by atoms with van der Waals surface area (Å²) < 4.78 is 5.74. The molecule has 100 valence electrons. The predicted molar refractivity (Wildman–Crippen MR) is 71.2 cm³/mol. The summed E-state index contributed by atoms with van der Waals surface area (Å²) in [7, 11) is 0. The van der Waals surface area contributed by atoms with Gasteiger partial charge in [0.15, 0.2) is 5.58 Å². The summed E-state index contributed by atoms with van der Waals surface area (Å²) >= 11 is 0. The molecule has 2 heterocycles. The van der Waals surface area contributed by atoms with Gasteiger partial charge in [-0.2, -0.15) is 4.98 Å². The Hall–Kier alpha value is -2.04. The van der Waals surface area contributed by atoms with Gasteiger partial charge in [0.1, 0.15) is 5.52 Å². The first kappa shape index (κ1) is 12.0. The van der Waals surface area contributed by atoms with E-state index < -0.39 is 5.97 Å². The van der Waals surface area contributed by atoms with Crippen molar-refractivity contribution in [2.75, 3.05) is 11.4 Å². The molecule has 1 N–H and O–H groups in total. The van der Waals surface area contributed by atoms with Crippen molar-refractivity contribution in [3.05, 3.63) is 24.3 Å².